The Morgan fingerprint density at radius 2 is 1.59 bits per heavy atom. The second-order valence-electron chi connectivity index (χ2n) is 3.68. The summed E-state index contributed by atoms with van der Waals surface area (Å²) in [4.78, 5) is 3.35. The first-order valence-electron chi connectivity index (χ1n) is 5.69. The third-order valence-electron chi connectivity index (χ3n) is 2.77. The molecule has 17 heavy (non-hydrogen) atoms. The molecule has 1 aromatic rings. The van der Waals surface area contributed by atoms with Gasteiger partial charge in [0.05, 0.1) is 0 Å². The zero-order valence-electron chi connectivity index (χ0n) is 10.9. The van der Waals surface area contributed by atoms with E-state index in [-0.39, 0.29) is 6.04 Å². The van der Waals surface area contributed by atoms with Crippen LogP contribution >= 0.6 is 0 Å². The zero-order valence-corrected chi connectivity index (χ0v) is 11.9. The second kappa shape index (κ2) is 6.88. The molecule has 1 atom stereocenters. The molecule has 0 aliphatic heterocycles. The van der Waals surface area contributed by atoms with Crippen molar-refractivity contribution in [2.75, 3.05) is 21.3 Å². The molecule has 0 radical (unpaired) electrons. The summed E-state index contributed by atoms with van der Waals surface area (Å²) in [5.41, 5.74) is 1.21. The van der Waals surface area contributed by atoms with Gasteiger partial charge in [0.2, 0.25) is 0 Å². The molecule has 1 unspecified atom stereocenters. The molecule has 0 fully saturated rings. The summed E-state index contributed by atoms with van der Waals surface area (Å²) in [6, 6.07) is 10.4. The summed E-state index contributed by atoms with van der Waals surface area (Å²) in [6.45, 7) is 2.12. The Morgan fingerprint density at radius 3 is 2.00 bits per heavy atom. The Morgan fingerprint density at radius 1 is 1.06 bits per heavy atom. The van der Waals surface area contributed by atoms with Crippen LogP contribution in [-0.2, 0) is 13.3 Å². The first-order chi connectivity index (χ1) is 8.21. The van der Waals surface area contributed by atoms with Crippen LogP contribution in [0.25, 0.3) is 0 Å². The highest BCUT2D eigenvalue weighted by atomic mass is 28.4. The first-order valence-corrected chi connectivity index (χ1v) is 7.42. The standard InChI is InChI=1S/C12H21NO3Si/c1-5-12(11-9-7-6-8-10-11)13-17(14-2,15-3)16-4/h6-10,12-13H,5H2,1-4H3. The summed E-state index contributed by atoms with van der Waals surface area (Å²) in [5.74, 6) is 0. The number of nitrogens with one attached hydrogen (secondary N) is 1. The number of hydrogen-bond acceptors (Lipinski definition) is 4. The van der Waals surface area contributed by atoms with Crippen molar-refractivity contribution in [3.05, 3.63) is 35.9 Å². The van der Waals surface area contributed by atoms with Crippen molar-refractivity contribution in [2.24, 2.45) is 0 Å². The van der Waals surface area contributed by atoms with Crippen molar-refractivity contribution in [2.45, 2.75) is 19.4 Å². The van der Waals surface area contributed by atoms with E-state index in [0.717, 1.165) is 6.42 Å². The van der Waals surface area contributed by atoms with Crippen molar-refractivity contribution in [3.8, 4) is 0 Å². The van der Waals surface area contributed by atoms with Crippen LogP contribution in [0.3, 0.4) is 0 Å². The minimum absolute atomic E-state index is 0.169. The van der Waals surface area contributed by atoms with E-state index in [9.17, 15) is 0 Å². The lowest BCUT2D eigenvalue weighted by Crippen LogP contribution is -2.58. The number of hydrogen-bond donors (Lipinski definition) is 1. The van der Waals surface area contributed by atoms with Gasteiger partial charge in [0.15, 0.2) is 0 Å². The van der Waals surface area contributed by atoms with Crippen LogP contribution < -0.4 is 4.98 Å². The molecule has 1 aromatic carbocycles. The minimum atomic E-state index is -2.73. The van der Waals surface area contributed by atoms with Crippen molar-refractivity contribution >= 4 is 8.97 Å². The molecular weight excluding hydrogens is 234 g/mol. The largest absolute Gasteiger partial charge is 0.596 e. The molecule has 4 nitrogen and oxygen atoms in total. The molecule has 0 amide bonds. The highest BCUT2D eigenvalue weighted by Gasteiger charge is 2.41. The highest BCUT2D eigenvalue weighted by molar-refractivity contribution is 6.57. The summed E-state index contributed by atoms with van der Waals surface area (Å²) in [6.07, 6.45) is 0.939. The van der Waals surface area contributed by atoms with Gasteiger partial charge in [-0.1, -0.05) is 37.3 Å². The fourth-order valence-corrected chi connectivity index (χ4v) is 3.40. The van der Waals surface area contributed by atoms with Gasteiger partial charge in [-0.3, -0.25) is 4.98 Å². The van der Waals surface area contributed by atoms with Crippen LogP contribution in [0.2, 0.25) is 0 Å². The lowest BCUT2D eigenvalue weighted by Gasteiger charge is -2.29. The molecule has 5 heteroatoms. The summed E-state index contributed by atoms with van der Waals surface area (Å²) in [5, 5.41) is 0. The number of rotatable bonds is 7. The van der Waals surface area contributed by atoms with E-state index in [1.54, 1.807) is 21.3 Å². The summed E-state index contributed by atoms with van der Waals surface area (Å²) in [7, 11) is 2.07. The predicted molar refractivity (Wildman–Crippen MR) is 69.4 cm³/mol. The molecule has 0 bridgehead atoms. The van der Waals surface area contributed by atoms with Crippen LogP contribution in [0, 0.1) is 0 Å². The third kappa shape index (κ3) is 3.62. The van der Waals surface area contributed by atoms with Gasteiger partial charge in [0.1, 0.15) is 0 Å². The van der Waals surface area contributed by atoms with Crippen LogP contribution in [-0.4, -0.2) is 30.3 Å². The smallest absolute Gasteiger partial charge is 0.364 e. The molecule has 0 spiro atoms. The predicted octanol–water partition coefficient (Wildman–Crippen LogP) is 2.10. The molecular formula is C12H21NO3Si. The van der Waals surface area contributed by atoms with Crippen molar-refractivity contribution in [3.63, 3.8) is 0 Å². The van der Waals surface area contributed by atoms with Crippen molar-refractivity contribution in [1.82, 2.24) is 4.98 Å². The molecule has 0 saturated carbocycles. The fourth-order valence-electron chi connectivity index (χ4n) is 1.75. The van der Waals surface area contributed by atoms with Gasteiger partial charge < -0.3 is 13.3 Å². The Hall–Kier alpha value is -0.723. The molecule has 0 aromatic heterocycles. The molecule has 0 aliphatic carbocycles. The van der Waals surface area contributed by atoms with E-state index < -0.39 is 8.97 Å². The van der Waals surface area contributed by atoms with Gasteiger partial charge in [-0.05, 0) is 12.0 Å². The molecule has 96 valence electrons. The average Bonchev–Trinajstić information content (AvgIpc) is 2.42. The molecule has 1 rings (SSSR count). The van der Waals surface area contributed by atoms with E-state index in [1.807, 2.05) is 18.2 Å². The highest BCUT2D eigenvalue weighted by Crippen LogP contribution is 2.19. The van der Waals surface area contributed by atoms with E-state index >= 15 is 0 Å². The molecule has 1 N–H and O–H groups in total. The zero-order chi connectivity index (χ0) is 12.7. The fraction of sp³-hybridized carbons (Fsp3) is 0.500. The van der Waals surface area contributed by atoms with Crippen LogP contribution in [0.1, 0.15) is 24.9 Å². The van der Waals surface area contributed by atoms with Crippen LogP contribution in [0.4, 0.5) is 0 Å². The summed E-state index contributed by atoms with van der Waals surface area (Å²) >= 11 is 0. The molecule has 0 heterocycles. The normalized spacial score (nSPS) is 13.6. The lowest BCUT2D eigenvalue weighted by molar-refractivity contribution is 0.105. The summed E-state index contributed by atoms with van der Waals surface area (Å²) < 4.78 is 16.1. The van der Waals surface area contributed by atoms with Gasteiger partial charge >= 0.3 is 8.97 Å². The van der Waals surface area contributed by atoms with Gasteiger partial charge in [-0.2, -0.15) is 0 Å². The SMILES string of the molecule is CCC(N[Si](OC)(OC)OC)c1ccccc1. The minimum Gasteiger partial charge on any atom is -0.364 e. The first kappa shape index (κ1) is 14.3. The molecule has 0 aliphatic rings. The maximum Gasteiger partial charge on any atom is 0.596 e. The monoisotopic (exact) mass is 255 g/mol. The van der Waals surface area contributed by atoms with Gasteiger partial charge in [-0.25, -0.2) is 0 Å². The van der Waals surface area contributed by atoms with Gasteiger partial charge in [-0.15, -0.1) is 0 Å². The van der Waals surface area contributed by atoms with E-state index in [1.165, 1.54) is 5.56 Å². The maximum absolute atomic E-state index is 5.37. The van der Waals surface area contributed by atoms with Crippen molar-refractivity contribution in [1.29, 1.82) is 0 Å². The Kier molecular flexibility index (Phi) is 5.80. The van der Waals surface area contributed by atoms with E-state index in [0.29, 0.717) is 0 Å². The Balaban J connectivity index is 2.82. The quantitative estimate of drug-likeness (QED) is 0.757. The topological polar surface area (TPSA) is 39.7 Å². The van der Waals surface area contributed by atoms with Crippen LogP contribution in [0.5, 0.6) is 0 Å². The van der Waals surface area contributed by atoms with Crippen LogP contribution in [0.15, 0.2) is 30.3 Å². The van der Waals surface area contributed by atoms with E-state index in [4.69, 9.17) is 13.3 Å². The second-order valence-corrected chi connectivity index (χ2v) is 6.31. The number of benzene rings is 1. The average molecular weight is 255 g/mol. The Bertz CT molecular complexity index is 309. The van der Waals surface area contributed by atoms with Gasteiger partial charge in [0.25, 0.3) is 0 Å². The lowest BCUT2D eigenvalue weighted by atomic mass is 10.1. The third-order valence-corrected chi connectivity index (χ3v) is 5.08. The van der Waals surface area contributed by atoms with Crippen molar-refractivity contribution < 1.29 is 13.3 Å². The maximum atomic E-state index is 5.37. The van der Waals surface area contributed by atoms with E-state index in [2.05, 4.69) is 24.0 Å². The molecule has 0 saturated heterocycles. The Labute approximate surface area is 104 Å². The van der Waals surface area contributed by atoms with Gasteiger partial charge in [0, 0.05) is 27.4 Å².